The summed E-state index contributed by atoms with van der Waals surface area (Å²) in [7, 11) is 0. The second-order valence-corrected chi connectivity index (χ2v) is 22.9. The van der Waals surface area contributed by atoms with Crippen molar-refractivity contribution in [2.45, 2.75) is 26.2 Å². The standard InChI is InChI=1S/C76H51N5O2/c1-76(2,3)49-38-39-77-73(43-49)81-67-31-14-10-26-59(67)60-36-35-52(45-69(60)81)82-51-19-16-18-50(44-51)78-46-79-74-62(28-17-32-68(74)80-65-29-12-8-24-57(65)58-25-9-13-30-66(58)80)55-22-6-4-20-53(55)54-21-5-7-23-56(54)64-41-48(42-70(78)75(64)79)47-34-37-72-63(40-47)61-27-11-15-33-71(61)83-72/h4-45H,1-3H3. The fraction of sp³-hybridized carbons (Fsp3) is 0.0526. The molecule has 7 heteroatoms. The predicted octanol–water partition coefficient (Wildman–Crippen LogP) is 19.3. The minimum absolute atomic E-state index is 0.0477. The summed E-state index contributed by atoms with van der Waals surface area (Å²) in [6, 6.07) is 89.4. The molecule has 5 aromatic heterocycles. The van der Waals surface area contributed by atoms with Crippen LogP contribution in [0.15, 0.2) is 259 Å². The molecule has 0 atom stereocenters. The molecule has 0 amide bonds. The minimum atomic E-state index is -0.0477. The van der Waals surface area contributed by atoms with Gasteiger partial charge in [-0.05, 0) is 146 Å². The molecule has 0 unspecified atom stereocenters. The average Bonchev–Trinajstić information content (AvgIpc) is 4.48. The van der Waals surface area contributed by atoms with Gasteiger partial charge in [0, 0.05) is 44.6 Å². The van der Waals surface area contributed by atoms with Crippen LogP contribution in [0.3, 0.4) is 0 Å². The fourth-order valence-corrected chi connectivity index (χ4v) is 13.2. The van der Waals surface area contributed by atoms with Crippen LogP contribution in [-0.2, 0) is 5.41 Å². The zero-order chi connectivity index (χ0) is 55.1. The van der Waals surface area contributed by atoms with Crippen molar-refractivity contribution in [2.75, 3.05) is 0 Å². The fourth-order valence-electron chi connectivity index (χ4n) is 13.2. The molecule has 7 nitrogen and oxygen atoms in total. The minimum Gasteiger partial charge on any atom is -0.458 e. The van der Waals surface area contributed by atoms with E-state index in [0.29, 0.717) is 5.75 Å². The Hall–Kier alpha value is -10.8. The van der Waals surface area contributed by atoms with Gasteiger partial charge in [0.2, 0.25) is 0 Å². The van der Waals surface area contributed by atoms with Crippen LogP contribution in [-0.4, -0.2) is 18.7 Å². The highest BCUT2D eigenvalue weighted by molar-refractivity contribution is 6.12. The molecule has 83 heavy (non-hydrogen) atoms. The van der Waals surface area contributed by atoms with E-state index < -0.39 is 0 Å². The average molecular weight is 1070 g/mol. The Kier molecular flexibility index (Phi) is 10.1. The quantitative estimate of drug-likeness (QED) is 0.123. The molecule has 0 fully saturated rings. The van der Waals surface area contributed by atoms with Crippen molar-refractivity contribution in [3.05, 3.63) is 267 Å². The molecule has 0 bridgehead atoms. The zero-order valence-corrected chi connectivity index (χ0v) is 45.8. The van der Waals surface area contributed by atoms with Crippen LogP contribution in [0.1, 0.15) is 26.3 Å². The van der Waals surface area contributed by atoms with Gasteiger partial charge in [0.1, 0.15) is 28.5 Å². The Morgan fingerprint density at radius 1 is 0.422 bits per heavy atom. The molecule has 0 saturated carbocycles. The summed E-state index contributed by atoms with van der Waals surface area (Å²) in [5, 5.41) is 6.85. The smallest absolute Gasteiger partial charge is 0.269 e. The maximum atomic E-state index is 7.02. The highest BCUT2D eigenvalue weighted by Crippen LogP contribution is 2.47. The van der Waals surface area contributed by atoms with E-state index in [-0.39, 0.29) is 5.41 Å². The van der Waals surface area contributed by atoms with Gasteiger partial charge in [-0.1, -0.05) is 172 Å². The van der Waals surface area contributed by atoms with E-state index >= 15 is 0 Å². The van der Waals surface area contributed by atoms with Gasteiger partial charge in [0.25, 0.3) is 6.33 Å². The summed E-state index contributed by atoms with van der Waals surface area (Å²) in [5.74, 6) is 2.28. The van der Waals surface area contributed by atoms with Gasteiger partial charge in [-0.3, -0.25) is 13.7 Å². The third-order valence-corrected chi connectivity index (χ3v) is 17.0. The second-order valence-electron chi connectivity index (χ2n) is 22.9. The first-order valence-electron chi connectivity index (χ1n) is 28.3. The van der Waals surface area contributed by atoms with Gasteiger partial charge < -0.3 is 13.7 Å². The van der Waals surface area contributed by atoms with E-state index in [9.17, 15) is 0 Å². The van der Waals surface area contributed by atoms with E-state index in [1.54, 1.807) is 0 Å². The van der Waals surface area contributed by atoms with Crippen LogP contribution in [0.4, 0.5) is 0 Å². The van der Waals surface area contributed by atoms with Crippen LogP contribution >= 0.6 is 0 Å². The summed E-state index contributed by atoms with van der Waals surface area (Å²) in [4.78, 5) is 4.96. The molecule has 0 saturated heterocycles. The number of aromatic nitrogens is 5. The maximum absolute atomic E-state index is 7.02. The molecular weight excluding hydrogens is 1010 g/mol. The SMILES string of the molecule is CC(C)(C)c1ccnc(-n2c3ccccc3c3ccc(Oc4cccc(-n5[c-][n+]6c7c(cc(-c8ccc9oc%10ccccc%10c9c8)cc75)-c5ccccc5-c5ccccc5-c5cccc(-n7c8ccccc8c8ccccc87)c5-6)c4)cc32)c1. The molecule has 0 N–H and O–H groups in total. The van der Waals surface area contributed by atoms with Crippen molar-refractivity contribution < 1.29 is 13.7 Å². The molecule has 0 spiro atoms. The summed E-state index contributed by atoms with van der Waals surface area (Å²) >= 11 is 0. The Morgan fingerprint density at radius 3 is 1.73 bits per heavy atom. The van der Waals surface area contributed by atoms with Crippen LogP contribution in [0.2, 0.25) is 0 Å². The van der Waals surface area contributed by atoms with Gasteiger partial charge >= 0.3 is 0 Å². The molecule has 0 aliphatic carbocycles. The Balaban J connectivity index is 0.926. The molecule has 392 valence electrons. The number of fused-ring (bicyclic) bond motifs is 16. The number of rotatable bonds is 6. The zero-order valence-electron chi connectivity index (χ0n) is 45.8. The molecule has 17 rings (SSSR count). The lowest BCUT2D eigenvalue weighted by molar-refractivity contribution is -0.571. The van der Waals surface area contributed by atoms with Crippen molar-refractivity contribution in [1.82, 2.24) is 18.7 Å². The first-order valence-corrected chi connectivity index (χ1v) is 28.3. The third-order valence-electron chi connectivity index (χ3n) is 17.0. The second kappa shape index (κ2) is 17.9. The summed E-state index contributed by atoms with van der Waals surface area (Å²) < 4.78 is 22.7. The number of ether oxygens (including phenoxy) is 1. The topological polar surface area (TPSA) is 53.9 Å². The van der Waals surface area contributed by atoms with E-state index in [1.807, 2.05) is 24.4 Å². The highest BCUT2D eigenvalue weighted by atomic mass is 16.5. The maximum Gasteiger partial charge on any atom is 0.269 e. The lowest BCUT2D eigenvalue weighted by Crippen LogP contribution is -2.32. The number of para-hydroxylation sites is 5. The van der Waals surface area contributed by atoms with E-state index in [0.717, 1.165) is 139 Å². The molecule has 1 aliphatic heterocycles. The highest BCUT2D eigenvalue weighted by Gasteiger charge is 2.29. The van der Waals surface area contributed by atoms with E-state index in [1.165, 1.54) is 16.3 Å². The molecule has 0 radical (unpaired) electrons. The van der Waals surface area contributed by atoms with Crippen molar-refractivity contribution in [1.29, 1.82) is 0 Å². The van der Waals surface area contributed by atoms with Gasteiger partial charge in [0.15, 0.2) is 0 Å². The summed E-state index contributed by atoms with van der Waals surface area (Å²) in [6.45, 7) is 6.73. The van der Waals surface area contributed by atoms with Crippen molar-refractivity contribution in [3.8, 4) is 78.9 Å². The molecule has 16 aromatic rings. The van der Waals surface area contributed by atoms with Crippen LogP contribution in [0.5, 0.6) is 11.5 Å². The van der Waals surface area contributed by atoms with Crippen LogP contribution in [0.25, 0.3) is 144 Å². The monoisotopic (exact) mass is 1070 g/mol. The van der Waals surface area contributed by atoms with Crippen molar-refractivity contribution >= 4 is 76.6 Å². The van der Waals surface area contributed by atoms with Gasteiger partial charge in [-0.25, -0.2) is 4.98 Å². The number of hydrogen-bond donors (Lipinski definition) is 0. The number of benzene rings is 11. The van der Waals surface area contributed by atoms with Gasteiger partial charge in [-0.2, -0.15) is 0 Å². The molecular formula is C76H51N5O2. The van der Waals surface area contributed by atoms with Crippen molar-refractivity contribution in [3.63, 3.8) is 0 Å². The van der Waals surface area contributed by atoms with Gasteiger partial charge in [-0.15, -0.1) is 0 Å². The third kappa shape index (κ3) is 7.24. The Bertz CT molecular complexity index is 5320. The van der Waals surface area contributed by atoms with Crippen molar-refractivity contribution in [2.24, 2.45) is 0 Å². The first kappa shape index (κ1) is 47.1. The Labute approximate surface area is 478 Å². The molecule has 6 heterocycles. The largest absolute Gasteiger partial charge is 0.458 e. The number of furan rings is 1. The summed E-state index contributed by atoms with van der Waals surface area (Å²) in [5.41, 5.74) is 21.1. The normalized spacial score (nSPS) is 12.3. The van der Waals surface area contributed by atoms with Gasteiger partial charge in [0.05, 0.1) is 50.2 Å². The number of imidazole rings is 1. The number of pyridine rings is 1. The Morgan fingerprint density at radius 2 is 1.01 bits per heavy atom. The van der Waals surface area contributed by atoms with E-state index in [2.05, 4.69) is 276 Å². The number of nitrogens with zero attached hydrogens (tertiary/aromatic N) is 5. The van der Waals surface area contributed by atoms with Crippen LogP contribution in [0, 0.1) is 6.33 Å². The predicted molar refractivity (Wildman–Crippen MR) is 338 cm³/mol. The number of hydrogen-bond acceptors (Lipinski definition) is 3. The van der Waals surface area contributed by atoms with E-state index in [4.69, 9.17) is 14.1 Å². The molecule has 11 aromatic carbocycles. The lowest BCUT2D eigenvalue weighted by atomic mass is 9.88. The van der Waals surface area contributed by atoms with Crippen LogP contribution < -0.4 is 9.30 Å². The lowest BCUT2D eigenvalue weighted by Gasteiger charge is -2.20. The first-order chi connectivity index (χ1) is 40.8. The molecule has 1 aliphatic rings. The summed E-state index contributed by atoms with van der Waals surface area (Å²) in [6.07, 6.45) is 6.02.